The van der Waals surface area contributed by atoms with Gasteiger partial charge in [0.1, 0.15) is 0 Å². The number of carbonyl (C=O) groups excluding carboxylic acids is 1. The maximum atomic E-state index is 8.40. The summed E-state index contributed by atoms with van der Waals surface area (Å²) in [5.74, 6) is 5.04. The molecule has 85 heavy (non-hydrogen) atoms. The molecule has 3 aromatic heterocycles. The predicted molar refractivity (Wildman–Crippen MR) is 353 cm³/mol. The second-order valence-corrected chi connectivity index (χ2v) is 27.4. The molecule has 0 saturated heterocycles. The minimum Gasteiger partial charge on any atom is -0.512 e. The molecule has 5 nitrogen and oxygen atoms in total. The average molecular weight is 1480 g/mol. The van der Waals surface area contributed by atoms with E-state index in [1.54, 1.807) is 27.8 Å². The van der Waals surface area contributed by atoms with Crippen molar-refractivity contribution in [1.82, 2.24) is 15.0 Å². The monoisotopic (exact) mass is 1480 g/mol. The van der Waals surface area contributed by atoms with E-state index in [9.17, 15) is 0 Å². The van der Waals surface area contributed by atoms with E-state index < -0.39 is 6.39 Å². The molecule has 12 heteroatoms. The van der Waals surface area contributed by atoms with Gasteiger partial charge in [-0.2, -0.15) is 0 Å². The van der Waals surface area contributed by atoms with Crippen LogP contribution in [0.4, 0.5) is 0 Å². The van der Waals surface area contributed by atoms with Crippen LogP contribution in [0.3, 0.4) is 0 Å². The van der Waals surface area contributed by atoms with Crippen LogP contribution in [-0.2, 0) is 98.0 Å². The number of hydrogen-bond donors (Lipinski definition) is 1. The second kappa shape index (κ2) is 28.2. The summed E-state index contributed by atoms with van der Waals surface area (Å²) >= 11 is 0. The minimum absolute atomic E-state index is 0. The third-order valence-electron chi connectivity index (χ3n) is 21.4. The number of fused-ring (bicyclic) bond motifs is 3. The molecule has 6 unspecified atom stereocenters. The third kappa shape index (κ3) is 14.2. The van der Waals surface area contributed by atoms with Crippen molar-refractivity contribution in [3.8, 4) is 33.8 Å². The van der Waals surface area contributed by atoms with Crippen molar-refractivity contribution in [3.05, 3.63) is 170 Å². The minimum atomic E-state index is -0.463. The SMILES string of the molecule is C.C.CC(=[OH+])C=C(C)O.CC1(C)C2Cc3cc(-c4[c-]cc5c(c4)CCCC5)ncc3C1C2.CC1(C)C2Cc3cc(-c4[c-]cc5c(c4)CCCC5)ncc3C1C2.CC1(C)C2Cc3cc(-c4ccc5c(c4)CCCC5)ncc3C1C2.[B][B]B([B])[B].[Ir].[Ir]. The Morgan fingerprint density at radius 3 is 1.22 bits per heavy atom. The number of aromatic nitrogens is 3. The molecule has 6 aromatic rings. The van der Waals surface area contributed by atoms with Crippen molar-refractivity contribution in [1.29, 1.82) is 0 Å². The summed E-state index contributed by atoms with van der Waals surface area (Å²) in [5.41, 5.74) is 26.9. The Morgan fingerprint density at radius 1 is 0.541 bits per heavy atom. The number of pyridine rings is 3. The zero-order valence-electron chi connectivity index (χ0n) is 50.6. The molecule has 6 atom stereocenters. The molecule has 3 aromatic carbocycles. The number of aliphatic hydroxyl groups is 1. The Hall–Kier alpha value is -4.06. The average Bonchev–Trinajstić information content (AvgIpc) is 0.863. The molecular weight excluding hydrogens is 1390 g/mol. The van der Waals surface area contributed by atoms with Gasteiger partial charge in [-0.05, 0) is 204 Å². The summed E-state index contributed by atoms with van der Waals surface area (Å²) in [6.45, 7) is 17.6. The molecule has 12 aliphatic rings. The van der Waals surface area contributed by atoms with Crippen LogP contribution in [-0.4, -0.2) is 67.3 Å². The van der Waals surface area contributed by atoms with Gasteiger partial charge in [0.2, 0.25) is 0 Å². The molecule has 0 amide bonds. The summed E-state index contributed by atoms with van der Waals surface area (Å²) in [6, 6.07) is 30.2. The fourth-order valence-electron chi connectivity index (χ4n) is 15.7. The van der Waals surface area contributed by atoms with Gasteiger partial charge in [0.25, 0.3) is 0 Å². The molecule has 443 valence electrons. The molecular formula is C73H90B5Ir2N3O2-. The van der Waals surface area contributed by atoms with Gasteiger partial charge in [0.15, 0.2) is 0 Å². The normalized spacial score (nSPS) is 23.1. The van der Waals surface area contributed by atoms with Crippen molar-refractivity contribution < 1.29 is 50.1 Å². The number of aliphatic hydroxyl groups excluding tert-OH is 1. The van der Waals surface area contributed by atoms with Crippen LogP contribution < -0.4 is 0 Å². The molecule has 3 saturated carbocycles. The molecule has 18 rings (SSSR count). The number of benzene rings is 3. The van der Waals surface area contributed by atoms with Gasteiger partial charge in [0.05, 0.1) is 24.5 Å². The van der Waals surface area contributed by atoms with Crippen LogP contribution in [0, 0.1) is 46.1 Å². The maximum Gasteiger partial charge on any atom is 0.316 e. The van der Waals surface area contributed by atoms with Crippen molar-refractivity contribution in [2.45, 2.75) is 204 Å². The van der Waals surface area contributed by atoms with Gasteiger partial charge in [-0.25, -0.2) is 0 Å². The van der Waals surface area contributed by atoms with Crippen molar-refractivity contribution >= 4 is 42.4 Å². The smallest absolute Gasteiger partial charge is 0.316 e. The summed E-state index contributed by atoms with van der Waals surface area (Å²) < 4.78 is 0. The largest absolute Gasteiger partial charge is 0.512 e. The summed E-state index contributed by atoms with van der Waals surface area (Å²) in [6.07, 6.45) is 30.6. The van der Waals surface area contributed by atoms with Gasteiger partial charge in [-0.3, -0.25) is 9.78 Å². The van der Waals surface area contributed by atoms with Gasteiger partial charge in [-0.15, -0.1) is 69.8 Å². The molecule has 9 radical (unpaired) electrons. The first-order valence-corrected chi connectivity index (χ1v) is 30.9. The predicted octanol–water partition coefficient (Wildman–Crippen LogP) is 15.9. The van der Waals surface area contributed by atoms with E-state index in [1.807, 2.05) is 0 Å². The van der Waals surface area contributed by atoms with E-state index in [0.29, 0.717) is 16.2 Å². The Balaban J connectivity index is 0.000000163. The molecule has 0 aliphatic heterocycles. The standard InChI is InChI=1S/C22H25N.2C22H24N.C5H8O2.2CH4.B5.2Ir/c3*1-22(2)18-10-17-11-21(23-13-19(17)20(22)12-18)16-8-7-14-5-3-4-6-15(14)9-16;1-4(6)3-5(2)7;;;1-4-5(2)3;;/h7-9,11,13,18,20H,3-6,10,12H2,1-2H3;2*7,9,11,13,18,20H,3-6,10,12H2,1-2H3;3,6H,1-2H3;2*1H4;;;/q;2*-1;;;;;;/p+1. The summed E-state index contributed by atoms with van der Waals surface area (Å²) in [5, 5.41) is 8.40. The molecule has 0 spiro atoms. The van der Waals surface area contributed by atoms with Crippen LogP contribution in [0.2, 0.25) is 0 Å². The Morgan fingerprint density at radius 2 is 0.882 bits per heavy atom. The van der Waals surface area contributed by atoms with Gasteiger partial charge in [0, 0.05) is 101 Å². The quantitative estimate of drug-likeness (QED) is 0.0613. The van der Waals surface area contributed by atoms with E-state index >= 15 is 0 Å². The Bertz CT molecular complexity index is 3050. The fourth-order valence-corrected chi connectivity index (χ4v) is 15.7. The first kappa shape index (κ1) is 68.4. The van der Waals surface area contributed by atoms with Gasteiger partial charge < -0.3 is 15.1 Å². The van der Waals surface area contributed by atoms with E-state index in [4.69, 9.17) is 48.1 Å². The molecule has 3 heterocycles. The van der Waals surface area contributed by atoms with Crippen molar-refractivity contribution in [3.63, 3.8) is 0 Å². The van der Waals surface area contributed by atoms with Crippen LogP contribution in [0.15, 0.2) is 91.1 Å². The molecule has 2 N–H and O–H groups in total. The van der Waals surface area contributed by atoms with Crippen LogP contribution in [0.5, 0.6) is 0 Å². The van der Waals surface area contributed by atoms with Crippen molar-refractivity contribution in [2.24, 2.45) is 34.0 Å². The van der Waals surface area contributed by atoms with E-state index in [2.05, 4.69) is 133 Å². The zero-order valence-corrected chi connectivity index (χ0v) is 55.4. The fraction of sp³-hybridized carbons (Fsp3) is 0.507. The topological polar surface area (TPSA) is 80.3 Å². The molecule has 3 fully saturated rings. The molecule has 12 aliphatic carbocycles. The molecule has 6 bridgehead atoms. The van der Waals surface area contributed by atoms with E-state index in [1.165, 1.54) is 204 Å². The van der Waals surface area contributed by atoms with Gasteiger partial charge >= 0.3 is 5.78 Å². The Kier molecular flexibility index (Phi) is 22.7. The zero-order chi connectivity index (χ0) is 57.0. The number of nitrogens with zero attached hydrogens (tertiary/aromatic N) is 3. The first-order chi connectivity index (χ1) is 38.8. The van der Waals surface area contributed by atoms with Crippen molar-refractivity contribution in [2.75, 3.05) is 0 Å². The summed E-state index contributed by atoms with van der Waals surface area (Å²) in [7, 11) is 15.8. The third-order valence-corrected chi connectivity index (χ3v) is 21.4. The van der Waals surface area contributed by atoms with Crippen LogP contribution in [0.1, 0.15) is 213 Å². The summed E-state index contributed by atoms with van der Waals surface area (Å²) in [4.78, 5) is 22.9. The van der Waals surface area contributed by atoms with E-state index in [-0.39, 0.29) is 66.6 Å². The Labute approximate surface area is 544 Å². The number of aryl methyl sites for hydroxylation is 6. The van der Waals surface area contributed by atoms with E-state index in [0.717, 1.165) is 46.9 Å². The van der Waals surface area contributed by atoms with Gasteiger partial charge in [-0.1, -0.05) is 119 Å². The maximum absolute atomic E-state index is 8.40. The van der Waals surface area contributed by atoms with Crippen LogP contribution >= 0.6 is 0 Å². The number of ketones is 1. The number of allylic oxidation sites excluding steroid dienone is 2. The number of hydrogen-bond acceptors (Lipinski definition) is 4. The number of rotatable bonds is 5. The first-order valence-electron chi connectivity index (χ1n) is 30.9. The second-order valence-electron chi connectivity index (χ2n) is 27.4. The van der Waals surface area contributed by atoms with Crippen LogP contribution in [0.25, 0.3) is 33.8 Å².